The average molecular weight is 392 g/mol. The van der Waals surface area contributed by atoms with E-state index in [4.69, 9.17) is 5.21 Å². The first-order chi connectivity index (χ1) is 13.4. The molecule has 0 bridgehead atoms. The molecule has 148 valence electrons. The lowest BCUT2D eigenvalue weighted by molar-refractivity contribution is -0.136. The van der Waals surface area contributed by atoms with E-state index in [9.17, 15) is 22.8 Å². The van der Waals surface area contributed by atoms with Crippen molar-refractivity contribution in [2.45, 2.75) is 31.7 Å². The summed E-state index contributed by atoms with van der Waals surface area (Å²) in [5.74, 6) is -5.40. The monoisotopic (exact) mass is 392 g/mol. The molecule has 0 aliphatic heterocycles. The van der Waals surface area contributed by atoms with Crippen molar-refractivity contribution < 1.29 is 28.0 Å². The molecule has 1 aliphatic rings. The van der Waals surface area contributed by atoms with Crippen LogP contribution in [0.25, 0.3) is 11.1 Å². The molecule has 0 spiro atoms. The van der Waals surface area contributed by atoms with Crippen molar-refractivity contribution in [2.75, 3.05) is 0 Å². The van der Waals surface area contributed by atoms with Gasteiger partial charge in [-0.25, -0.2) is 18.7 Å². The van der Waals surface area contributed by atoms with Crippen LogP contribution >= 0.6 is 0 Å². The van der Waals surface area contributed by atoms with Gasteiger partial charge in [-0.2, -0.15) is 0 Å². The zero-order valence-corrected chi connectivity index (χ0v) is 14.8. The molecule has 0 saturated heterocycles. The number of hydroxylamine groups is 1. The van der Waals surface area contributed by atoms with Crippen LogP contribution in [0.3, 0.4) is 0 Å². The van der Waals surface area contributed by atoms with Crippen molar-refractivity contribution in [1.82, 2.24) is 10.8 Å². The Morgan fingerprint density at radius 1 is 0.964 bits per heavy atom. The van der Waals surface area contributed by atoms with Gasteiger partial charge in [0.05, 0.1) is 0 Å². The molecule has 1 atom stereocenters. The number of rotatable bonds is 5. The molecule has 1 aliphatic carbocycles. The maximum absolute atomic E-state index is 13.4. The lowest BCUT2D eigenvalue weighted by Gasteiger charge is -2.20. The van der Waals surface area contributed by atoms with Crippen molar-refractivity contribution in [3.63, 3.8) is 0 Å². The summed E-state index contributed by atoms with van der Waals surface area (Å²) in [7, 11) is 0. The van der Waals surface area contributed by atoms with Gasteiger partial charge in [0.1, 0.15) is 6.04 Å². The van der Waals surface area contributed by atoms with Gasteiger partial charge >= 0.3 is 0 Å². The number of amides is 2. The normalized spacial score (nSPS) is 15.3. The standard InChI is InChI=1S/C20H19F3N2O3/c21-15-9-14(10-16(22)17(15)23)11-5-7-12(8-6-11)18(20(27)25-28)24-19(26)13-3-1-2-4-13/h5-10,13,18,28H,1-4H2,(H,24,26)(H,25,27)/t18-/m1/s1. The van der Waals surface area contributed by atoms with Crippen molar-refractivity contribution in [3.05, 3.63) is 59.4 Å². The number of carbonyl (C=O) groups excluding carboxylic acids is 2. The predicted molar refractivity (Wildman–Crippen MR) is 94.5 cm³/mol. The van der Waals surface area contributed by atoms with E-state index in [1.807, 2.05) is 0 Å². The summed E-state index contributed by atoms with van der Waals surface area (Å²) < 4.78 is 40.0. The second-order valence-electron chi connectivity index (χ2n) is 6.77. The Kier molecular flexibility index (Phi) is 5.99. The van der Waals surface area contributed by atoms with Gasteiger partial charge in [0.15, 0.2) is 17.5 Å². The van der Waals surface area contributed by atoms with Gasteiger partial charge in [-0.05, 0) is 41.7 Å². The van der Waals surface area contributed by atoms with Gasteiger partial charge in [-0.3, -0.25) is 14.8 Å². The summed E-state index contributed by atoms with van der Waals surface area (Å²) >= 11 is 0. The first-order valence-corrected chi connectivity index (χ1v) is 8.90. The Labute approximate surface area is 159 Å². The van der Waals surface area contributed by atoms with E-state index < -0.39 is 29.4 Å². The van der Waals surface area contributed by atoms with Crippen LogP contribution in [0.2, 0.25) is 0 Å². The van der Waals surface area contributed by atoms with E-state index >= 15 is 0 Å². The third-order valence-corrected chi connectivity index (χ3v) is 4.95. The molecule has 1 saturated carbocycles. The van der Waals surface area contributed by atoms with Crippen LogP contribution in [-0.4, -0.2) is 17.0 Å². The highest BCUT2D eigenvalue weighted by atomic mass is 19.2. The van der Waals surface area contributed by atoms with Gasteiger partial charge in [0.25, 0.3) is 5.91 Å². The highest BCUT2D eigenvalue weighted by molar-refractivity contribution is 5.89. The predicted octanol–water partition coefficient (Wildman–Crippen LogP) is 3.62. The number of benzene rings is 2. The molecule has 2 aromatic rings. The van der Waals surface area contributed by atoms with Gasteiger partial charge in [-0.1, -0.05) is 37.1 Å². The quantitative estimate of drug-likeness (QED) is 0.413. The van der Waals surface area contributed by atoms with E-state index in [2.05, 4.69) is 5.32 Å². The third kappa shape index (κ3) is 4.17. The fraction of sp³-hybridized carbons (Fsp3) is 0.300. The Morgan fingerprint density at radius 3 is 2.07 bits per heavy atom. The molecule has 0 unspecified atom stereocenters. The fourth-order valence-electron chi connectivity index (χ4n) is 3.40. The van der Waals surface area contributed by atoms with Crippen molar-refractivity contribution in [3.8, 4) is 11.1 Å². The minimum atomic E-state index is -1.55. The van der Waals surface area contributed by atoms with Gasteiger partial charge in [0, 0.05) is 5.92 Å². The van der Waals surface area contributed by atoms with Crippen molar-refractivity contribution in [2.24, 2.45) is 5.92 Å². The Bertz CT molecular complexity index is 858. The molecule has 1 fully saturated rings. The minimum Gasteiger partial charge on any atom is -0.340 e. The van der Waals surface area contributed by atoms with Gasteiger partial charge < -0.3 is 5.32 Å². The molecule has 28 heavy (non-hydrogen) atoms. The lowest BCUT2D eigenvalue weighted by Crippen LogP contribution is -2.41. The maximum Gasteiger partial charge on any atom is 0.270 e. The lowest BCUT2D eigenvalue weighted by atomic mass is 9.99. The van der Waals surface area contributed by atoms with Crippen LogP contribution < -0.4 is 10.8 Å². The zero-order chi connectivity index (χ0) is 20.3. The first kappa shape index (κ1) is 19.9. The SMILES string of the molecule is O=C(N[C@@H](C(=O)NO)c1ccc(-c2cc(F)c(F)c(F)c2)cc1)C1CCCC1. The molecule has 2 amide bonds. The van der Waals surface area contributed by atoms with E-state index in [-0.39, 0.29) is 17.4 Å². The second kappa shape index (κ2) is 8.43. The summed E-state index contributed by atoms with van der Waals surface area (Å²) in [5, 5.41) is 11.6. The second-order valence-corrected chi connectivity index (χ2v) is 6.77. The molecule has 2 aromatic carbocycles. The van der Waals surface area contributed by atoms with Crippen LogP contribution in [-0.2, 0) is 9.59 Å². The largest absolute Gasteiger partial charge is 0.340 e. The molecule has 8 heteroatoms. The molecule has 0 radical (unpaired) electrons. The molecular weight excluding hydrogens is 373 g/mol. The summed E-state index contributed by atoms with van der Waals surface area (Å²) in [6.45, 7) is 0. The number of carbonyl (C=O) groups is 2. The molecule has 5 nitrogen and oxygen atoms in total. The summed E-state index contributed by atoms with van der Waals surface area (Å²) in [5.41, 5.74) is 2.43. The Hall–Kier alpha value is -2.87. The number of hydrogen-bond donors (Lipinski definition) is 3. The smallest absolute Gasteiger partial charge is 0.270 e. The molecule has 3 rings (SSSR count). The summed E-state index contributed by atoms with van der Waals surface area (Å²) in [4.78, 5) is 24.4. The van der Waals surface area contributed by atoms with Crippen LogP contribution in [0.15, 0.2) is 36.4 Å². The van der Waals surface area contributed by atoms with Crippen molar-refractivity contribution >= 4 is 11.8 Å². The number of halogens is 3. The molecule has 3 N–H and O–H groups in total. The van der Waals surface area contributed by atoms with E-state index in [1.54, 1.807) is 0 Å². The van der Waals surface area contributed by atoms with Gasteiger partial charge in [0.2, 0.25) is 5.91 Å². The van der Waals surface area contributed by atoms with Crippen LogP contribution in [0.5, 0.6) is 0 Å². The summed E-state index contributed by atoms with van der Waals surface area (Å²) in [6.07, 6.45) is 3.41. The van der Waals surface area contributed by atoms with Crippen LogP contribution in [0.4, 0.5) is 13.2 Å². The maximum atomic E-state index is 13.4. The van der Waals surface area contributed by atoms with Crippen LogP contribution in [0, 0.1) is 23.4 Å². The number of hydrogen-bond acceptors (Lipinski definition) is 3. The van der Waals surface area contributed by atoms with Crippen molar-refractivity contribution in [1.29, 1.82) is 0 Å². The highest BCUT2D eigenvalue weighted by Crippen LogP contribution is 2.28. The molecule has 0 aromatic heterocycles. The van der Waals surface area contributed by atoms with E-state index in [0.29, 0.717) is 11.1 Å². The first-order valence-electron chi connectivity index (χ1n) is 8.90. The summed E-state index contributed by atoms with van der Waals surface area (Å²) in [6, 6.07) is 6.57. The highest BCUT2D eigenvalue weighted by Gasteiger charge is 2.28. The fourth-order valence-corrected chi connectivity index (χ4v) is 3.40. The third-order valence-electron chi connectivity index (χ3n) is 4.95. The Balaban J connectivity index is 1.83. The number of nitrogens with one attached hydrogen (secondary N) is 2. The molecular formula is C20H19F3N2O3. The van der Waals surface area contributed by atoms with Crippen LogP contribution in [0.1, 0.15) is 37.3 Å². The van der Waals surface area contributed by atoms with E-state index in [1.165, 1.54) is 29.7 Å². The topological polar surface area (TPSA) is 78.4 Å². The van der Waals surface area contributed by atoms with E-state index in [0.717, 1.165) is 37.8 Å². The van der Waals surface area contributed by atoms with Gasteiger partial charge in [-0.15, -0.1) is 0 Å². The molecule has 0 heterocycles. The average Bonchev–Trinajstić information content (AvgIpc) is 3.24. The Morgan fingerprint density at radius 2 is 1.54 bits per heavy atom. The zero-order valence-electron chi connectivity index (χ0n) is 14.8. The minimum absolute atomic E-state index is 0.126.